The van der Waals surface area contributed by atoms with Crippen molar-refractivity contribution < 1.29 is 18.9 Å². The maximum atomic E-state index is 9.52. The lowest BCUT2D eigenvalue weighted by Crippen LogP contribution is -2.38. The third-order valence-electron chi connectivity index (χ3n) is 6.15. The van der Waals surface area contributed by atoms with Gasteiger partial charge in [0.15, 0.2) is 23.0 Å². The highest BCUT2D eigenvalue weighted by molar-refractivity contribution is 5.81. The van der Waals surface area contributed by atoms with Crippen LogP contribution in [0.2, 0.25) is 0 Å². The highest BCUT2D eigenvalue weighted by Crippen LogP contribution is 2.35. The van der Waals surface area contributed by atoms with Gasteiger partial charge in [-0.25, -0.2) is 0 Å². The number of rotatable bonds is 9. The molecule has 3 heterocycles. The Bertz CT molecular complexity index is 1370. The number of benzene rings is 2. The van der Waals surface area contributed by atoms with E-state index in [-0.39, 0.29) is 0 Å². The minimum atomic E-state index is 0.458. The molecule has 0 amide bonds. The summed E-state index contributed by atoms with van der Waals surface area (Å²) in [5, 5.41) is 17.4. The maximum absolute atomic E-state index is 9.52. The van der Waals surface area contributed by atoms with Crippen LogP contribution >= 0.6 is 0 Å². The molecule has 0 radical (unpaired) electrons. The average Bonchev–Trinajstić information content (AvgIpc) is 3.49. The third-order valence-corrected chi connectivity index (χ3v) is 6.15. The third kappa shape index (κ3) is 4.79. The van der Waals surface area contributed by atoms with Gasteiger partial charge in [-0.05, 0) is 36.4 Å². The quantitative estimate of drug-likeness (QED) is 0.367. The van der Waals surface area contributed by atoms with E-state index in [1.54, 1.807) is 24.9 Å². The van der Waals surface area contributed by atoms with E-state index in [4.69, 9.17) is 18.9 Å². The first-order valence-electron chi connectivity index (χ1n) is 11.7. The molecule has 0 unspecified atom stereocenters. The van der Waals surface area contributed by atoms with E-state index in [2.05, 4.69) is 26.4 Å². The van der Waals surface area contributed by atoms with Crippen molar-refractivity contribution in [1.82, 2.24) is 19.5 Å². The van der Waals surface area contributed by atoms with Crippen molar-refractivity contribution in [2.45, 2.75) is 0 Å². The number of aromatic amines is 1. The van der Waals surface area contributed by atoms with E-state index in [0.29, 0.717) is 35.1 Å². The van der Waals surface area contributed by atoms with E-state index >= 15 is 0 Å². The molecule has 1 saturated heterocycles. The van der Waals surface area contributed by atoms with Crippen LogP contribution < -0.4 is 19.5 Å². The lowest BCUT2D eigenvalue weighted by Gasteiger charge is -2.26. The monoisotopic (exact) mass is 488 g/mol. The molecule has 10 nitrogen and oxygen atoms in total. The highest BCUT2D eigenvalue weighted by Gasteiger charge is 2.18. The lowest BCUT2D eigenvalue weighted by molar-refractivity contribution is 0.0322. The predicted molar refractivity (Wildman–Crippen MR) is 135 cm³/mol. The van der Waals surface area contributed by atoms with Crippen molar-refractivity contribution >= 4 is 17.2 Å². The van der Waals surface area contributed by atoms with E-state index < -0.39 is 0 Å². The summed E-state index contributed by atoms with van der Waals surface area (Å²) >= 11 is 0. The van der Waals surface area contributed by atoms with E-state index in [0.717, 1.165) is 55.5 Å². The molecule has 2 N–H and O–H groups in total. The number of anilines is 2. The van der Waals surface area contributed by atoms with Gasteiger partial charge in [0.2, 0.25) is 0 Å². The van der Waals surface area contributed by atoms with Crippen LogP contribution in [-0.4, -0.2) is 73.2 Å². The SMILES string of the molecule is COc1ccc(Nc2c(-c3ccc(OCCN4CCOCC4)cc3)[nH]c3c(C#N)cnn23)cc1OC. The molecule has 2 aromatic heterocycles. The molecule has 36 heavy (non-hydrogen) atoms. The van der Waals surface area contributed by atoms with Crippen LogP contribution in [0.1, 0.15) is 5.56 Å². The van der Waals surface area contributed by atoms with Gasteiger partial charge in [0.05, 0.1) is 39.3 Å². The zero-order valence-corrected chi connectivity index (χ0v) is 20.3. The van der Waals surface area contributed by atoms with Gasteiger partial charge in [-0.15, -0.1) is 0 Å². The number of H-pyrrole nitrogens is 1. The molecule has 0 aliphatic carbocycles. The molecule has 10 heteroatoms. The second kappa shape index (κ2) is 10.6. The number of methoxy groups -OCH3 is 2. The number of hydrogen-bond acceptors (Lipinski definition) is 8. The molecule has 0 atom stereocenters. The van der Waals surface area contributed by atoms with Crippen molar-refractivity contribution in [3.05, 3.63) is 54.2 Å². The van der Waals surface area contributed by atoms with Gasteiger partial charge in [0.25, 0.3) is 0 Å². The summed E-state index contributed by atoms with van der Waals surface area (Å²) in [4.78, 5) is 5.70. The summed E-state index contributed by atoms with van der Waals surface area (Å²) < 4.78 is 23.8. The number of imidazole rings is 1. The largest absolute Gasteiger partial charge is 0.493 e. The number of nitrogens with zero attached hydrogens (tertiary/aromatic N) is 4. The molecular formula is C26H28N6O4. The number of nitriles is 1. The first kappa shape index (κ1) is 23.5. The second-order valence-electron chi connectivity index (χ2n) is 8.30. The lowest BCUT2D eigenvalue weighted by atomic mass is 10.1. The van der Waals surface area contributed by atoms with Crippen LogP contribution in [0.3, 0.4) is 0 Å². The van der Waals surface area contributed by atoms with E-state index in [1.165, 1.54) is 0 Å². The summed E-state index contributed by atoms with van der Waals surface area (Å²) in [5.41, 5.74) is 3.57. The molecule has 0 saturated carbocycles. The fourth-order valence-electron chi connectivity index (χ4n) is 4.21. The minimum Gasteiger partial charge on any atom is -0.493 e. The minimum absolute atomic E-state index is 0.458. The average molecular weight is 489 g/mol. The summed E-state index contributed by atoms with van der Waals surface area (Å²) in [5.74, 6) is 2.74. The predicted octanol–water partition coefficient (Wildman–Crippen LogP) is 3.67. The fourth-order valence-corrected chi connectivity index (χ4v) is 4.21. The second-order valence-corrected chi connectivity index (χ2v) is 8.30. The van der Waals surface area contributed by atoms with E-state index in [1.807, 2.05) is 42.5 Å². The van der Waals surface area contributed by atoms with Crippen LogP contribution in [0.15, 0.2) is 48.7 Å². The zero-order chi connectivity index (χ0) is 24.9. The van der Waals surface area contributed by atoms with Crippen molar-refractivity contribution in [2.75, 3.05) is 59.0 Å². The fraction of sp³-hybridized carbons (Fsp3) is 0.308. The van der Waals surface area contributed by atoms with Gasteiger partial charge >= 0.3 is 0 Å². The maximum Gasteiger partial charge on any atom is 0.162 e. The molecule has 0 spiro atoms. The number of morpholine rings is 1. The van der Waals surface area contributed by atoms with Crippen LogP contribution in [-0.2, 0) is 4.74 Å². The van der Waals surface area contributed by atoms with Crippen molar-refractivity contribution in [3.8, 4) is 34.6 Å². The molecule has 2 aromatic carbocycles. The summed E-state index contributed by atoms with van der Waals surface area (Å²) in [7, 11) is 3.20. The summed E-state index contributed by atoms with van der Waals surface area (Å²) in [6.07, 6.45) is 1.54. The Morgan fingerprint density at radius 1 is 1.08 bits per heavy atom. The first-order valence-corrected chi connectivity index (χ1v) is 11.7. The first-order chi connectivity index (χ1) is 17.7. The standard InChI is InChI=1S/C26H28N6O4/c1-33-22-8-5-20(15-23(22)34-2)29-26-24(30-25-19(16-27)17-28-32(25)26)18-3-6-21(7-4-18)36-14-11-31-9-12-35-13-10-31/h3-8,15,17,29-30H,9-14H2,1-2H3. The Kier molecular flexibility index (Phi) is 6.93. The highest BCUT2D eigenvalue weighted by atomic mass is 16.5. The van der Waals surface area contributed by atoms with Crippen LogP contribution in [0.4, 0.5) is 11.5 Å². The Hall–Kier alpha value is -4.20. The molecule has 186 valence electrons. The normalized spacial score (nSPS) is 13.9. The summed E-state index contributed by atoms with van der Waals surface area (Å²) in [6, 6.07) is 15.6. The van der Waals surface area contributed by atoms with Crippen molar-refractivity contribution in [1.29, 1.82) is 5.26 Å². The molecular weight excluding hydrogens is 460 g/mol. The Balaban J connectivity index is 1.39. The van der Waals surface area contributed by atoms with Gasteiger partial charge in [-0.2, -0.15) is 14.9 Å². The topological polar surface area (TPSA) is 109 Å². The van der Waals surface area contributed by atoms with Gasteiger partial charge in [-0.3, -0.25) is 4.90 Å². The zero-order valence-electron chi connectivity index (χ0n) is 20.3. The van der Waals surface area contributed by atoms with Crippen LogP contribution in [0.5, 0.6) is 17.2 Å². The molecule has 1 fully saturated rings. The van der Waals surface area contributed by atoms with Gasteiger partial charge in [-0.1, -0.05) is 0 Å². The molecule has 4 aromatic rings. The Morgan fingerprint density at radius 3 is 2.58 bits per heavy atom. The molecule has 0 bridgehead atoms. The molecule has 5 rings (SSSR count). The van der Waals surface area contributed by atoms with Gasteiger partial charge < -0.3 is 29.2 Å². The number of nitrogens with one attached hydrogen (secondary N) is 2. The number of hydrogen-bond donors (Lipinski definition) is 2. The Labute approximate surface area is 208 Å². The van der Waals surface area contributed by atoms with Crippen molar-refractivity contribution in [2.24, 2.45) is 0 Å². The van der Waals surface area contributed by atoms with Gasteiger partial charge in [0.1, 0.15) is 24.0 Å². The Morgan fingerprint density at radius 2 is 1.86 bits per heavy atom. The summed E-state index contributed by atoms with van der Waals surface area (Å²) in [6.45, 7) is 4.93. The van der Waals surface area contributed by atoms with Crippen molar-refractivity contribution in [3.63, 3.8) is 0 Å². The number of aromatic nitrogens is 3. The number of fused-ring (bicyclic) bond motifs is 1. The molecule has 1 aliphatic heterocycles. The smallest absolute Gasteiger partial charge is 0.162 e. The molecule has 1 aliphatic rings. The van der Waals surface area contributed by atoms with Crippen LogP contribution in [0, 0.1) is 11.3 Å². The van der Waals surface area contributed by atoms with E-state index in [9.17, 15) is 5.26 Å². The van der Waals surface area contributed by atoms with Gasteiger partial charge in [0, 0.05) is 37.0 Å². The number of ether oxygens (including phenoxy) is 4. The van der Waals surface area contributed by atoms with Crippen LogP contribution in [0.25, 0.3) is 16.9 Å².